The summed E-state index contributed by atoms with van der Waals surface area (Å²) in [6, 6.07) is 7.56. The van der Waals surface area contributed by atoms with Crippen molar-refractivity contribution in [2.24, 2.45) is 0 Å². The van der Waals surface area contributed by atoms with Gasteiger partial charge in [-0.25, -0.2) is 0 Å². The van der Waals surface area contributed by atoms with Crippen molar-refractivity contribution in [2.45, 2.75) is 44.9 Å². The summed E-state index contributed by atoms with van der Waals surface area (Å²) in [7, 11) is 0. The molecule has 0 bridgehead atoms. The van der Waals surface area contributed by atoms with Crippen molar-refractivity contribution < 1.29 is 19.1 Å². The quantitative estimate of drug-likeness (QED) is 0.448. The number of carbonyl (C=O) groups is 2. The minimum absolute atomic E-state index is 0.256. The molecule has 0 aliphatic rings. The molecule has 2 unspecified atom stereocenters. The Hall–Kier alpha value is -1.54. The van der Waals surface area contributed by atoms with E-state index in [1.165, 1.54) is 22.9 Å². The van der Waals surface area contributed by atoms with Gasteiger partial charge < -0.3 is 0 Å². The summed E-state index contributed by atoms with van der Waals surface area (Å²) >= 11 is 1.28. The summed E-state index contributed by atoms with van der Waals surface area (Å²) in [4.78, 5) is 24.0. The standard InChI is InChI=1S/C18H25AsO4/c1-6-22-15(20)11-12(2)13-9-7-8-10-14(13)16(19)17(21)23-18(3,4)5/h7-11,16H,6,19H2,1-5H3/b12-11-. The van der Waals surface area contributed by atoms with Crippen LogP contribution in [0.5, 0.6) is 0 Å². The Bertz CT molecular complexity index is 599. The summed E-state index contributed by atoms with van der Waals surface area (Å²) in [5, 5.41) is 0. The van der Waals surface area contributed by atoms with Crippen LogP contribution in [0.15, 0.2) is 30.3 Å². The molecule has 23 heavy (non-hydrogen) atoms. The third-order valence-electron chi connectivity index (χ3n) is 3.00. The Kier molecular flexibility index (Phi) is 7.08. The summed E-state index contributed by atoms with van der Waals surface area (Å²) in [5.41, 5.74) is 1.97. The Morgan fingerprint density at radius 1 is 1.26 bits per heavy atom. The zero-order valence-electron chi connectivity index (χ0n) is 14.4. The number of carbonyl (C=O) groups excluding carboxylic acids is 2. The molecule has 126 valence electrons. The van der Waals surface area contributed by atoms with Crippen molar-refractivity contribution in [1.29, 1.82) is 0 Å². The number of hydrogen-bond donors (Lipinski definition) is 0. The number of allylic oxidation sites excluding steroid dienone is 1. The number of hydrogen-bond acceptors (Lipinski definition) is 4. The van der Waals surface area contributed by atoms with Gasteiger partial charge in [0.1, 0.15) is 0 Å². The summed E-state index contributed by atoms with van der Waals surface area (Å²) in [5.74, 6) is -0.635. The van der Waals surface area contributed by atoms with E-state index in [1.54, 1.807) is 6.92 Å². The van der Waals surface area contributed by atoms with E-state index in [0.717, 1.165) is 16.7 Å². The number of esters is 2. The monoisotopic (exact) mass is 380 g/mol. The number of benzene rings is 1. The fourth-order valence-corrected chi connectivity index (χ4v) is 2.81. The van der Waals surface area contributed by atoms with Gasteiger partial charge in [0.15, 0.2) is 0 Å². The van der Waals surface area contributed by atoms with Crippen LogP contribution in [0.3, 0.4) is 0 Å². The van der Waals surface area contributed by atoms with Crippen LogP contribution < -0.4 is 0 Å². The molecule has 2 atom stereocenters. The van der Waals surface area contributed by atoms with Crippen LogP contribution in [0.25, 0.3) is 5.57 Å². The van der Waals surface area contributed by atoms with Crippen LogP contribution in [0, 0.1) is 0 Å². The first-order valence-corrected chi connectivity index (χ1v) is 8.98. The molecule has 0 saturated carbocycles. The Morgan fingerprint density at radius 3 is 2.43 bits per heavy atom. The summed E-state index contributed by atoms with van der Waals surface area (Å²) < 4.78 is 10.1. The van der Waals surface area contributed by atoms with Gasteiger partial charge in [0, 0.05) is 0 Å². The van der Waals surface area contributed by atoms with Gasteiger partial charge in [0.2, 0.25) is 0 Å². The average Bonchev–Trinajstić information content (AvgIpc) is 2.44. The van der Waals surface area contributed by atoms with E-state index >= 15 is 0 Å². The van der Waals surface area contributed by atoms with E-state index in [2.05, 4.69) is 0 Å². The predicted octanol–water partition coefficient (Wildman–Crippen LogP) is 2.67. The second-order valence-electron chi connectivity index (χ2n) is 6.18. The van der Waals surface area contributed by atoms with Crippen LogP contribution in [0.2, 0.25) is 0 Å². The zero-order valence-corrected chi connectivity index (χ0v) is 16.8. The van der Waals surface area contributed by atoms with Gasteiger partial charge in [-0.2, -0.15) is 0 Å². The van der Waals surface area contributed by atoms with Gasteiger partial charge in [-0.3, -0.25) is 0 Å². The molecule has 1 aromatic carbocycles. The molecular formula is C18H25AsO4. The van der Waals surface area contributed by atoms with Gasteiger partial charge in [0.05, 0.1) is 0 Å². The van der Waals surface area contributed by atoms with E-state index in [4.69, 9.17) is 9.47 Å². The van der Waals surface area contributed by atoms with E-state index in [0.29, 0.717) is 6.61 Å². The molecule has 0 amide bonds. The van der Waals surface area contributed by atoms with Gasteiger partial charge in [0.25, 0.3) is 0 Å². The molecule has 4 nitrogen and oxygen atoms in total. The van der Waals surface area contributed by atoms with E-state index in [-0.39, 0.29) is 16.6 Å². The third-order valence-corrected chi connectivity index (χ3v) is 4.33. The molecule has 1 rings (SSSR count). The van der Waals surface area contributed by atoms with Crippen molar-refractivity contribution in [3.05, 3.63) is 41.5 Å². The molecule has 0 heterocycles. The number of ether oxygens (including phenoxy) is 2. The molecule has 0 fully saturated rings. The first-order valence-electron chi connectivity index (χ1n) is 7.58. The molecule has 5 heteroatoms. The van der Waals surface area contributed by atoms with Crippen molar-refractivity contribution >= 4 is 34.4 Å². The van der Waals surface area contributed by atoms with Crippen LogP contribution in [-0.2, 0) is 19.1 Å². The SMILES string of the molecule is CCOC(=O)/C=C(/C)c1ccccc1C([AsH2])C(=O)OC(C)(C)C. The normalized spacial score (nSPS) is 13.4. The van der Waals surface area contributed by atoms with Crippen LogP contribution in [0.4, 0.5) is 0 Å². The van der Waals surface area contributed by atoms with Gasteiger partial charge >= 0.3 is 146 Å². The van der Waals surface area contributed by atoms with E-state index < -0.39 is 5.60 Å². The molecule has 0 aliphatic carbocycles. The maximum atomic E-state index is 12.3. The molecular weight excluding hydrogens is 355 g/mol. The van der Waals surface area contributed by atoms with Crippen LogP contribution in [0.1, 0.15) is 50.5 Å². The molecule has 0 spiro atoms. The Labute approximate surface area is 146 Å². The first-order chi connectivity index (χ1) is 10.7. The van der Waals surface area contributed by atoms with Gasteiger partial charge in [-0.15, -0.1) is 0 Å². The summed E-state index contributed by atoms with van der Waals surface area (Å²) in [6.45, 7) is 9.49. The second kappa shape index (κ2) is 8.35. The van der Waals surface area contributed by atoms with E-state index in [9.17, 15) is 9.59 Å². The average molecular weight is 380 g/mol. The molecule has 0 N–H and O–H groups in total. The van der Waals surface area contributed by atoms with Crippen LogP contribution >= 0.6 is 0 Å². The minimum atomic E-state index is -0.522. The number of rotatable bonds is 5. The molecule has 1 aromatic rings. The Balaban J connectivity index is 3.10. The van der Waals surface area contributed by atoms with Crippen molar-refractivity contribution in [2.75, 3.05) is 6.61 Å². The summed E-state index contributed by atoms with van der Waals surface area (Å²) in [6.07, 6.45) is 1.46. The van der Waals surface area contributed by atoms with Crippen molar-refractivity contribution in [1.82, 2.24) is 0 Å². The van der Waals surface area contributed by atoms with Gasteiger partial charge in [-0.1, -0.05) is 0 Å². The molecule has 0 radical (unpaired) electrons. The predicted molar refractivity (Wildman–Crippen MR) is 93.9 cm³/mol. The van der Waals surface area contributed by atoms with E-state index in [1.807, 2.05) is 52.0 Å². The zero-order chi connectivity index (χ0) is 17.6. The van der Waals surface area contributed by atoms with Gasteiger partial charge in [-0.05, 0) is 0 Å². The molecule has 0 aliphatic heterocycles. The molecule has 0 aromatic heterocycles. The third kappa shape index (κ3) is 6.23. The second-order valence-corrected chi connectivity index (χ2v) is 7.58. The van der Waals surface area contributed by atoms with Crippen molar-refractivity contribution in [3.63, 3.8) is 0 Å². The maximum absolute atomic E-state index is 12.3. The fourth-order valence-electron chi connectivity index (χ4n) is 2.06. The van der Waals surface area contributed by atoms with Crippen LogP contribution in [-0.4, -0.2) is 41.0 Å². The Morgan fingerprint density at radius 2 is 1.87 bits per heavy atom. The molecule has 0 saturated heterocycles. The first kappa shape index (κ1) is 19.5. The van der Waals surface area contributed by atoms with Crippen molar-refractivity contribution in [3.8, 4) is 0 Å². The topological polar surface area (TPSA) is 52.6 Å². The fraction of sp³-hybridized carbons (Fsp3) is 0.444.